The summed E-state index contributed by atoms with van der Waals surface area (Å²) in [5.74, 6) is 0.994. The number of fused-ring (bicyclic) bond motifs is 2. The van der Waals surface area contributed by atoms with Crippen molar-refractivity contribution in [2.24, 2.45) is 0 Å². The molecule has 0 aliphatic carbocycles. The average Bonchev–Trinajstić information content (AvgIpc) is 3.34. The molecule has 3 aromatic rings. The van der Waals surface area contributed by atoms with Gasteiger partial charge in [0.25, 0.3) is 5.91 Å². The molecule has 0 aromatic carbocycles. The molecule has 8 nitrogen and oxygen atoms in total. The van der Waals surface area contributed by atoms with Crippen molar-refractivity contribution >= 4 is 33.3 Å². The van der Waals surface area contributed by atoms with Gasteiger partial charge in [0.2, 0.25) is 0 Å². The number of amides is 1. The lowest BCUT2D eigenvalue weighted by atomic mass is 10.1. The highest BCUT2D eigenvalue weighted by molar-refractivity contribution is 7.17. The van der Waals surface area contributed by atoms with Crippen LogP contribution in [0.3, 0.4) is 0 Å². The number of carbonyl (C=O) groups is 1. The van der Waals surface area contributed by atoms with Crippen LogP contribution in [0.1, 0.15) is 21.7 Å². The Morgan fingerprint density at radius 3 is 2.96 bits per heavy atom. The Morgan fingerprint density at radius 1 is 1.19 bits per heavy atom. The third kappa shape index (κ3) is 2.55. The molecule has 1 saturated heterocycles. The van der Waals surface area contributed by atoms with Crippen molar-refractivity contribution in [3.05, 3.63) is 34.7 Å². The van der Waals surface area contributed by atoms with Crippen LogP contribution in [0.4, 0.5) is 5.82 Å². The summed E-state index contributed by atoms with van der Waals surface area (Å²) in [5, 5.41) is 12.7. The maximum absolute atomic E-state index is 12.9. The van der Waals surface area contributed by atoms with Crippen molar-refractivity contribution in [2.75, 3.05) is 37.6 Å². The Labute approximate surface area is 154 Å². The number of thiophene rings is 1. The summed E-state index contributed by atoms with van der Waals surface area (Å²) in [7, 11) is 0. The van der Waals surface area contributed by atoms with Crippen LogP contribution in [0.25, 0.3) is 10.2 Å². The molecule has 0 unspecified atom stereocenters. The van der Waals surface area contributed by atoms with Crippen LogP contribution in [0, 0.1) is 0 Å². The zero-order chi connectivity index (χ0) is 17.5. The van der Waals surface area contributed by atoms with Gasteiger partial charge in [-0.2, -0.15) is 5.10 Å². The molecule has 0 radical (unpaired) electrons. The van der Waals surface area contributed by atoms with Gasteiger partial charge in [-0.25, -0.2) is 9.97 Å². The highest BCUT2D eigenvalue weighted by Crippen LogP contribution is 2.28. The number of hydrogen-bond acceptors (Lipinski definition) is 7. The summed E-state index contributed by atoms with van der Waals surface area (Å²) >= 11 is 1.66. The largest absolute Gasteiger partial charge is 0.352 e. The quantitative estimate of drug-likeness (QED) is 0.701. The molecule has 2 aliphatic rings. The fourth-order valence-corrected chi connectivity index (χ4v) is 4.54. The highest BCUT2D eigenvalue weighted by atomic mass is 32.1. The van der Waals surface area contributed by atoms with E-state index < -0.39 is 0 Å². The van der Waals surface area contributed by atoms with Gasteiger partial charge in [0.15, 0.2) is 5.69 Å². The Morgan fingerprint density at radius 2 is 2.08 bits per heavy atom. The van der Waals surface area contributed by atoms with Gasteiger partial charge in [-0.1, -0.05) is 0 Å². The summed E-state index contributed by atoms with van der Waals surface area (Å²) in [5.41, 5.74) is 3.67. The summed E-state index contributed by atoms with van der Waals surface area (Å²) < 4.78 is 1.11. The van der Waals surface area contributed by atoms with Crippen molar-refractivity contribution in [3.8, 4) is 0 Å². The number of anilines is 1. The lowest BCUT2D eigenvalue weighted by molar-refractivity contribution is 0.0739. The van der Waals surface area contributed by atoms with Gasteiger partial charge in [0.05, 0.1) is 10.2 Å². The van der Waals surface area contributed by atoms with E-state index in [-0.39, 0.29) is 5.91 Å². The first-order chi connectivity index (χ1) is 12.8. The number of H-pyrrole nitrogens is 1. The van der Waals surface area contributed by atoms with Crippen molar-refractivity contribution < 1.29 is 4.79 Å². The maximum atomic E-state index is 12.9. The van der Waals surface area contributed by atoms with E-state index in [9.17, 15) is 4.79 Å². The van der Waals surface area contributed by atoms with Crippen molar-refractivity contribution in [2.45, 2.75) is 13.0 Å². The van der Waals surface area contributed by atoms with E-state index >= 15 is 0 Å². The van der Waals surface area contributed by atoms with Gasteiger partial charge in [-0.3, -0.25) is 9.89 Å². The number of carbonyl (C=O) groups excluding carboxylic acids is 1. The van der Waals surface area contributed by atoms with Crippen LogP contribution >= 0.6 is 11.3 Å². The molecule has 1 amide bonds. The molecule has 9 heteroatoms. The summed E-state index contributed by atoms with van der Waals surface area (Å²) in [4.78, 5) is 25.8. The molecule has 0 atom stereocenters. The first-order valence-corrected chi connectivity index (χ1v) is 9.68. The van der Waals surface area contributed by atoms with Crippen LogP contribution in [0.5, 0.6) is 0 Å². The second-order valence-corrected chi connectivity index (χ2v) is 7.48. The molecule has 0 spiro atoms. The van der Waals surface area contributed by atoms with E-state index in [2.05, 4.69) is 30.4 Å². The first kappa shape index (κ1) is 15.7. The summed E-state index contributed by atoms with van der Waals surface area (Å²) in [6.45, 7) is 4.51. The Balaban J connectivity index is 1.32. The van der Waals surface area contributed by atoms with Gasteiger partial charge in [-0.15, -0.1) is 11.3 Å². The van der Waals surface area contributed by atoms with E-state index in [0.29, 0.717) is 25.3 Å². The predicted molar refractivity (Wildman–Crippen MR) is 99.5 cm³/mol. The average molecular weight is 369 g/mol. The number of aromatic nitrogens is 4. The molecule has 0 bridgehead atoms. The molecule has 0 saturated carbocycles. The van der Waals surface area contributed by atoms with Crippen LogP contribution in [-0.4, -0.2) is 63.7 Å². The van der Waals surface area contributed by atoms with Crippen LogP contribution in [-0.2, 0) is 13.0 Å². The van der Waals surface area contributed by atoms with E-state index in [4.69, 9.17) is 0 Å². The molecule has 5 rings (SSSR count). The minimum atomic E-state index is 0.0230. The van der Waals surface area contributed by atoms with Gasteiger partial charge in [-0.05, 0) is 11.4 Å². The number of nitrogens with one attached hydrogen (secondary N) is 2. The SMILES string of the molecule is O=C(c1n[nH]c2c1CNCC2)N1CCN(c2ncnc3ccsc23)CC1. The first-order valence-electron chi connectivity index (χ1n) is 8.80. The third-order valence-corrected chi connectivity index (χ3v) is 6.00. The molecule has 1 fully saturated rings. The summed E-state index contributed by atoms with van der Waals surface area (Å²) in [6.07, 6.45) is 2.51. The van der Waals surface area contributed by atoms with Crippen LogP contribution in [0.2, 0.25) is 0 Å². The van der Waals surface area contributed by atoms with E-state index in [1.807, 2.05) is 16.3 Å². The fourth-order valence-electron chi connectivity index (χ4n) is 3.67. The highest BCUT2D eigenvalue weighted by Gasteiger charge is 2.28. The van der Waals surface area contributed by atoms with E-state index in [1.54, 1.807) is 17.7 Å². The van der Waals surface area contributed by atoms with Crippen molar-refractivity contribution in [1.29, 1.82) is 0 Å². The number of rotatable bonds is 2. The number of piperazine rings is 1. The van der Waals surface area contributed by atoms with Gasteiger partial charge >= 0.3 is 0 Å². The lowest BCUT2D eigenvalue weighted by Gasteiger charge is -2.35. The molecular weight excluding hydrogens is 350 g/mol. The second-order valence-electron chi connectivity index (χ2n) is 6.57. The molecule has 3 aromatic heterocycles. The standard InChI is InChI=1S/C17H19N7OS/c25-17(14-11-9-18-3-1-12(11)21-22-14)24-6-4-23(5-7-24)16-15-13(2-8-26-15)19-10-20-16/h2,8,10,18H,1,3-7,9H2,(H,21,22). The van der Waals surface area contributed by atoms with E-state index in [0.717, 1.165) is 53.3 Å². The predicted octanol–water partition coefficient (Wildman–Crippen LogP) is 1.02. The molecule has 2 aliphatic heterocycles. The third-order valence-electron chi connectivity index (χ3n) is 5.10. The molecule has 5 heterocycles. The van der Waals surface area contributed by atoms with Gasteiger partial charge < -0.3 is 15.1 Å². The number of nitrogens with zero attached hydrogens (tertiary/aromatic N) is 5. The molecule has 2 N–H and O–H groups in total. The van der Waals surface area contributed by atoms with Crippen LogP contribution < -0.4 is 10.2 Å². The zero-order valence-electron chi connectivity index (χ0n) is 14.2. The van der Waals surface area contributed by atoms with Gasteiger partial charge in [0.1, 0.15) is 12.1 Å². The topological polar surface area (TPSA) is 90.0 Å². The second kappa shape index (κ2) is 6.33. The Hall–Kier alpha value is -2.52. The minimum absolute atomic E-state index is 0.0230. The summed E-state index contributed by atoms with van der Waals surface area (Å²) in [6, 6.07) is 2.01. The monoisotopic (exact) mass is 369 g/mol. The van der Waals surface area contributed by atoms with Crippen LogP contribution in [0.15, 0.2) is 17.8 Å². The minimum Gasteiger partial charge on any atom is -0.352 e. The zero-order valence-corrected chi connectivity index (χ0v) is 15.1. The normalized spacial score (nSPS) is 17.5. The smallest absolute Gasteiger partial charge is 0.274 e. The lowest BCUT2D eigenvalue weighted by Crippen LogP contribution is -2.49. The fraction of sp³-hybridized carbons (Fsp3) is 0.412. The van der Waals surface area contributed by atoms with E-state index in [1.165, 1.54) is 0 Å². The van der Waals surface area contributed by atoms with Crippen molar-refractivity contribution in [1.82, 2.24) is 30.4 Å². The molecule has 134 valence electrons. The number of hydrogen-bond donors (Lipinski definition) is 2. The Bertz CT molecular complexity index is 957. The molecule has 26 heavy (non-hydrogen) atoms. The Kier molecular flexibility index (Phi) is 3.83. The molecular formula is C17H19N7OS. The maximum Gasteiger partial charge on any atom is 0.274 e. The number of aromatic amines is 1. The van der Waals surface area contributed by atoms with Crippen molar-refractivity contribution in [3.63, 3.8) is 0 Å². The van der Waals surface area contributed by atoms with Gasteiger partial charge in [0, 0.05) is 56.9 Å².